The zero-order valence-electron chi connectivity index (χ0n) is 12.1. The SMILES string of the molecule is COc1cccc(OC)c1C(=O)N1CCC(Br)C(C)C1. The van der Waals surface area contributed by atoms with E-state index in [2.05, 4.69) is 22.9 Å². The molecule has 0 aliphatic carbocycles. The van der Waals surface area contributed by atoms with E-state index in [9.17, 15) is 4.79 Å². The van der Waals surface area contributed by atoms with Crippen LogP contribution >= 0.6 is 15.9 Å². The predicted molar refractivity (Wildman–Crippen MR) is 81.9 cm³/mol. The Hall–Kier alpha value is -1.23. The summed E-state index contributed by atoms with van der Waals surface area (Å²) in [6.45, 7) is 3.65. The van der Waals surface area contributed by atoms with Crippen LogP contribution in [0.2, 0.25) is 0 Å². The van der Waals surface area contributed by atoms with Gasteiger partial charge in [0.1, 0.15) is 17.1 Å². The van der Waals surface area contributed by atoms with E-state index in [1.54, 1.807) is 26.4 Å². The number of hydrogen-bond donors (Lipinski definition) is 0. The molecular formula is C15H20BrNO3. The van der Waals surface area contributed by atoms with Crippen LogP contribution in [0.15, 0.2) is 18.2 Å². The van der Waals surface area contributed by atoms with Crippen molar-refractivity contribution < 1.29 is 14.3 Å². The van der Waals surface area contributed by atoms with Crippen LogP contribution in [0.25, 0.3) is 0 Å². The fraction of sp³-hybridized carbons (Fsp3) is 0.533. The number of rotatable bonds is 3. The van der Waals surface area contributed by atoms with Gasteiger partial charge in [0.05, 0.1) is 14.2 Å². The van der Waals surface area contributed by atoms with Crippen molar-refractivity contribution in [1.29, 1.82) is 0 Å². The average molecular weight is 342 g/mol. The number of methoxy groups -OCH3 is 2. The van der Waals surface area contributed by atoms with Crippen LogP contribution in [0.3, 0.4) is 0 Å². The highest BCUT2D eigenvalue weighted by molar-refractivity contribution is 9.09. The number of carbonyl (C=O) groups excluding carboxylic acids is 1. The van der Waals surface area contributed by atoms with Crippen LogP contribution in [-0.2, 0) is 0 Å². The highest BCUT2D eigenvalue weighted by Gasteiger charge is 2.30. The van der Waals surface area contributed by atoms with Crippen LogP contribution in [-0.4, -0.2) is 42.9 Å². The minimum absolute atomic E-state index is 0.0226. The van der Waals surface area contributed by atoms with E-state index in [0.717, 1.165) is 19.5 Å². The van der Waals surface area contributed by atoms with Gasteiger partial charge >= 0.3 is 0 Å². The molecule has 1 heterocycles. The Morgan fingerprint density at radius 3 is 2.40 bits per heavy atom. The van der Waals surface area contributed by atoms with E-state index >= 15 is 0 Å². The Bertz CT molecular complexity index is 470. The summed E-state index contributed by atoms with van der Waals surface area (Å²) >= 11 is 3.66. The summed E-state index contributed by atoms with van der Waals surface area (Å²) in [7, 11) is 3.14. The maximum Gasteiger partial charge on any atom is 0.261 e. The molecule has 20 heavy (non-hydrogen) atoms. The monoisotopic (exact) mass is 341 g/mol. The molecule has 1 aliphatic rings. The molecule has 5 heteroatoms. The lowest BCUT2D eigenvalue weighted by atomic mass is 9.99. The predicted octanol–water partition coefficient (Wildman–Crippen LogP) is 2.95. The summed E-state index contributed by atoms with van der Waals surface area (Å²) < 4.78 is 10.6. The van der Waals surface area contributed by atoms with E-state index < -0.39 is 0 Å². The van der Waals surface area contributed by atoms with Gasteiger partial charge in [-0.15, -0.1) is 0 Å². The minimum atomic E-state index is -0.0226. The van der Waals surface area contributed by atoms with E-state index in [4.69, 9.17) is 9.47 Å². The van der Waals surface area contributed by atoms with Gasteiger partial charge in [0.25, 0.3) is 5.91 Å². The number of carbonyl (C=O) groups is 1. The molecular weight excluding hydrogens is 322 g/mol. The van der Waals surface area contributed by atoms with Crippen LogP contribution in [0, 0.1) is 5.92 Å². The van der Waals surface area contributed by atoms with Gasteiger partial charge in [0.15, 0.2) is 0 Å². The van der Waals surface area contributed by atoms with E-state index in [0.29, 0.717) is 27.8 Å². The number of nitrogens with zero attached hydrogens (tertiary/aromatic N) is 1. The second-order valence-corrected chi connectivity index (χ2v) is 6.25. The summed E-state index contributed by atoms with van der Waals surface area (Å²) in [4.78, 5) is 15.1. The lowest BCUT2D eigenvalue weighted by Gasteiger charge is -2.34. The third-order valence-corrected chi connectivity index (χ3v) is 5.09. The third kappa shape index (κ3) is 2.92. The number of hydrogen-bond acceptors (Lipinski definition) is 3. The largest absolute Gasteiger partial charge is 0.496 e. The molecule has 1 fully saturated rings. The molecule has 1 aliphatic heterocycles. The standard InChI is InChI=1S/C15H20BrNO3/c1-10-9-17(8-7-11(10)16)15(18)14-12(19-2)5-4-6-13(14)20-3/h4-6,10-11H,7-9H2,1-3H3. The Morgan fingerprint density at radius 2 is 1.90 bits per heavy atom. The summed E-state index contributed by atoms with van der Waals surface area (Å²) in [6.07, 6.45) is 0.963. The second-order valence-electron chi connectivity index (χ2n) is 5.07. The van der Waals surface area contributed by atoms with Gasteiger partial charge in [-0.05, 0) is 24.5 Å². The van der Waals surface area contributed by atoms with Crippen molar-refractivity contribution in [1.82, 2.24) is 4.90 Å². The average Bonchev–Trinajstić information content (AvgIpc) is 2.48. The maximum absolute atomic E-state index is 12.8. The summed E-state index contributed by atoms with van der Waals surface area (Å²) in [5.41, 5.74) is 0.512. The molecule has 0 bridgehead atoms. The zero-order chi connectivity index (χ0) is 14.7. The molecule has 4 nitrogen and oxygen atoms in total. The topological polar surface area (TPSA) is 38.8 Å². The van der Waals surface area contributed by atoms with Crippen molar-refractivity contribution in [2.75, 3.05) is 27.3 Å². The number of likely N-dealkylation sites (tertiary alicyclic amines) is 1. The first kappa shape index (κ1) is 15.2. The molecule has 2 rings (SSSR count). The Labute approximate surface area is 128 Å². The van der Waals surface area contributed by atoms with Gasteiger partial charge in [-0.1, -0.05) is 28.9 Å². The molecule has 0 saturated carbocycles. The van der Waals surface area contributed by atoms with Crippen LogP contribution in [0.5, 0.6) is 11.5 Å². The van der Waals surface area contributed by atoms with Crippen molar-refractivity contribution in [2.24, 2.45) is 5.92 Å². The van der Waals surface area contributed by atoms with Gasteiger partial charge in [-0.2, -0.15) is 0 Å². The fourth-order valence-electron chi connectivity index (χ4n) is 2.52. The molecule has 1 saturated heterocycles. The third-order valence-electron chi connectivity index (χ3n) is 3.73. The number of ether oxygens (including phenoxy) is 2. The molecule has 0 radical (unpaired) electrons. The van der Waals surface area contributed by atoms with Crippen molar-refractivity contribution in [2.45, 2.75) is 18.2 Å². The lowest BCUT2D eigenvalue weighted by Crippen LogP contribution is -2.43. The molecule has 110 valence electrons. The molecule has 0 N–H and O–H groups in total. The Morgan fingerprint density at radius 1 is 1.30 bits per heavy atom. The quantitative estimate of drug-likeness (QED) is 0.793. The Kier molecular flexibility index (Phi) is 4.91. The highest BCUT2D eigenvalue weighted by Crippen LogP contribution is 2.32. The first-order valence-corrected chi connectivity index (χ1v) is 7.64. The van der Waals surface area contributed by atoms with Crippen molar-refractivity contribution in [3.8, 4) is 11.5 Å². The van der Waals surface area contributed by atoms with Gasteiger partial charge in [0, 0.05) is 17.9 Å². The first-order valence-electron chi connectivity index (χ1n) is 6.72. The molecule has 1 aromatic rings. The molecule has 1 aromatic carbocycles. The van der Waals surface area contributed by atoms with Gasteiger partial charge in [-0.3, -0.25) is 4.79 Å². The van der Waals surface area contributed by atoms with Crippen LogP contribution < -0.4 is 9.47 Å². The molecule has 2 atom stereocenters. The van der Waals surface area contributed by atoms with Crippen molar-refractivity contribution in [3.63, 3.8) is 0 Å². The molecule has 0 spiro atoms. The number of alkyl halides is 1. The molecule has 2 unspecified atom stereocenters. The summed E-state index contributed by atoms with van der Waals surface area (Å²) in [5, 5.41) is 0. The van der Waals surface area contributed by atoms with Crippen molar-refractivity contribution in [3.05, 3.63) is 23.8 Å². The van der Waals surface area contributed by atoms with E-state index in [-0.39, 0.29) is 5.91 Å². The number of halogens is 1. The number of benzene rings is 1. The summed E-state index contributed by atoms with van der Waals surface area (Å²) in [5.74, 6) is 1.53. The highest BCUT2D eigenvalue weighted by atomic mass is 79.9. The number of piperidine rings is 1. The van der Waals surface area contributed by atoms with Gasteiger partial charge in [0.2, 0.25) is 0 Å². The first-order chi connectivity index (χ1) is 9.58. The minimum Gasteiger partial charge on any atom is -0.496 e. The van der Waals surface area contributed by atoms with Gasteiger partial charge < -0.3 is 14.4 Å². The smallest absolute Gasteiger partial charge is 0.261 e. The fourth-order valence-corrected chi connectivity index (χ4v) is 2.89. The van der Waals surface area contributed by atoms with Gasteiger partial charge in [-0.25, -0.2) is 0 Å². The molecule has 1 amide bonds. The van der Waals surface area contributed by atoms with E-state index in [1.165, 1.54) is 0 Å². The van der Waals surface area contributed by atoms with Crippen molar-refractivity contribution >= 4 is 21.8 Å². The maximum atomic E-state index is 12.8. The number of amides is 1. The van der Waals surface area contributed by atoms with E-state index in [1.807, 2.05) is 11.0 Å². The second kappa shape index (κ2) is 6.48. The Balaban J connectivity index is 2.29. The molecule has 0 aromatic heterocycles. The summed E-state index contributed by atoms with van der Waals surface area (Å²) in [6, 6.07) is 5.40. The lowest BCUT2D eigenvalue weighted by molar-refractivity contribution is 0.0683. The van der Waals surface area contributed by atoms with Crippen LogP contribution in [0.4, 0.5) is 0 Å². The van der Waals surface area contributed by atoms with Crippen LogP contribution in [0.1, 0.15) is 23.7 Å². The normalized spacial score (nSPS) is 22.5. The zero-order valence-corrected chi connectivity index (χ0v) is 13.6.